The standard InChI is InChI=1S/C13H8BrClN2O2S/c14-13-10(6-9(15)7-16-13)17-20(18)12-5-8-3-1-2-4-11(8)19-12/h1-7,17H. The minimum atomic E-state index is -1.53. The second kappa shape index (κ2) is 5.65. The number of nitrogens with zero attached hydrogens (tertiary/aromatic N) is 1. The molecule has 0 saturated heterocycles. The van der Waals surface area contributed by atoms with Gasteiger partial charge >= 0.3 is 5.09 Å². The van der Waals surface area contributed by atoms with E-state index in [0.29, 0.717) is 26.0 Å². The number of halogens is 2. The molecule has 0 saturated carbocycles. The van der Waals surface area contributed by atoms with Gasteiger partial charge in [0.25, 0.3) is 0 Å². The molecular formula is C13H8BrClN2O2S. The van der Waals surface area contributed by atoms with Crippen molar-refractivity contribution in [1.29, 1.82) is 0 Å². The average molecular weight is 372 g/mol. The van der Waals surface area contributed by atoms with Gasteiger partial charge in [0.2, 0.25) is 0 Å². The number of pyridine rings is 1. The lowest BCUT2D eigenvalue weighted by atomic mass is 10.3. The van der Waals surface area contributed by atoms with E-state index < -0.39 is 11.4 Å². The lowest BCUT2D eigenvalue weighted by Crippen LogP contribution is -2.12. The molecule has 0 spiro atoms. The molecule has 2 heterocycles. The van der Waals surface area contributed by atoms with E-state index in [4.69, 9.17) is 16.0 Å². The third-order valence-corrected chi connectivity index (χ3v) is 4.40. The summed E-state index contributed by atoms with van der Waals surface area (Å²) in [6.45, 7) is 0. The Bertz CT molecular complexity index is 732. The first-order chi connectivity index (χ1) is 9.63. The molecule has 0 fully saturated rings. The predicted octanol–water partition coefficient (Wildman–Crippen LogP) is 4.38. The maximum absolute atomic E-state index is 12.3. The third-order valence-electron chi connectivity index (χ3n) is 2.59. The van der Waals surface area contributed by atoms with Crippen LogP contribution in [0.3, 0.4) is 0 Å². The molecule has 0 bridgehead atoms. The Morgan fingerprint density at radius 2 is 2.10 bits per heavy atom. The van der Waals surface area contributed by atoms with Crippen molar-refractivity contribution < 1.29 is 8.97 Å². The van der Waals surface area contributed by atoms with Crippen molar-refractivity contribution in [2.24, 2.45) is 0 Å². The molecule has 1 unspecified atom stereocenters. The summed E-state index contributed by atoms with van der Waals surface area (Å²) in [7, 11) is 0. The summed E-state index contributed by atoms with van der Waals surface area (Å²) in [5.74, 6) is 0. The highest BCUT2D eigenvalue weighted by Crippen LogP contribution is 2.28. The van der Waals surface area contributed by atoms with E-state index in [2.05, 4.69) is 25.6 Å². The zero-order chi connectivity index (χ0) is 14.1. The first-order valence-electron chi connectivity index (χ1n) is 5.61. The van der Waals surface area contributed by atoms with Gasteiger partial charge in [-0.3, -0.25) is 0 Å². The molecular weight excluding hydrogens is 364 g/mol. The smallest absolute Gasteiger partial charge is 0.339 e. The van der Waals surface area contributed by atoms with Gasteiger partial charge in [-0.05, 0) is 28.1 Å². The highest BCUT2D eigenvalue weighted by atomic mass is 79.9. The van der Waals surface area contributed by atoms with Crippen molar-refractivity contribution in [1.82, 2.24) is 4.98 Å². The molecule has 2 aromatic heterocycles. The van der Waals surface area contributed by atoms with Gasteiger partial charge in [0, 0.05) is 17.6 Å². The fraction of sp³-hybridized carbons (Fsp3) is 0. The molecule has 0 radical (unpaired) electrons. The highest BCUT2D eigenvalue weighted by Gasteiger charge is 2.19. The molecule has 0 aliphatic carbocycles. The van der Waals surface area contributed by atoms with Gasteiger partial charge in [0.05, 0.1) is 5.02 Å². The molecule has 1 aromatic carbocycles. The Morgan fingerprint density at radius 1 is 1.30 bits per heavy atom. The predicted molar refractivity (Wildman–Crippen MR) is 83.2 cm³/mol. The summed E-state index contributed by atoms with van der Waals surface area (Å²) < 4.78 is 21.1. The molecule has 20 heavy (non-hydrogen) atoms. The van der Waals surface area contributed by atoms with Crippen LogP contribution < -0.4 is 4.72 Å². The summed E-state index contributed by atoms with van der Waals surface area (Å²) >= 11 is 7.60. The molecule has 3 aromatic rings. The topological polar surface area (TPSA) is 61.1 Å². The van der Waals surface area contributed by atoms with Crippen molar-refractivity contribution in [3.8, 4) is 0 Å². The van der Waals surface area contributed by atoms with E-state index in [1.54, 1.807) is 12.1 Å². The second-order valence-corrected chi connectivity index (χ2v) is 6.30. The van der Waals surface area contributed by atoms with Crippen LogP contribution in [0.25, 0.3) is 11.0 Å². The van der Waals surface area contributed by atoms with Crippen LogP contribution in [0.15, 0.2) is 56.7 Å². The Morgan fingerprint density at radius 3 is 2.90 bits per heavy atom. The van der Waals surface area contributed by atoms with Crippen LogP contribution in [-0.2, 0) is 11.4 Å². The van der Waals surface area contributed by atoms with Gasteiger partial charge < -0.3 is 8.97 Å². The Labute approximate surface area is 131 Å². The minimum Gasteiger partial charge on any atom is -0.585 e. The molecule has 7 heteroatoms. The van der Waals surface area contributed by atoms with Crippen LogP contribution in [-0.4, -0.2) is 9.54 Å². The Hall–Kier alpha value is -1.21. The summed E-state index contributed by atoms with van der Waals surface area (Å²) in [6, 6.07) is 10.9. The fourth-order valence-electron chi connectivity index (χ4n) is 1.69. The number of furan rings is 1. The van der Waals surface area contributed by atoms with Crippen molar-refractivity contribution in [2.45, 2.75) is 5.09 Å². The Balaban J connectivity index is 1.88. The van der Waals surface area contributed by atoms with E-state index >= 15 is 0 Å². The summed E-state index contributed by atoms with van der Waals surface area (Å²) in [4.78, 5) is 4.03. The number of rotatable bonds is 3. The number of anilines is 1. The number of fused-ring (bicyclic) bond motifs is 1. The van der Waals surface area contributed by atoms with E-state index in [1.807, 2.05) is 24.3 Å². The number of para-hydroxylation sites is 1. The molecule has 0 amide bonds. The number of benzene rings is 1. The molecule has 3 rings (SSSR count). The van der Waals surface area contributed by atoms with Gasteiger partial charge in [-0.1, -0.05) is 29.8 Å². The zero-order valence-corrected chi connectivity index (χ0v) is 13.1. The lowest BCUT2D eigenvalue weighted by Gasteiger charge is -2.09. The van der Waals surface area contributed by atoms with E-state index in [9.17, 15) is 4.55 Å². The number of hydrogen-bond acceptors (Lipinski definition) is 4. The maximum Gasteiger partial charge on any atom is 0.339 e. The van der Waals surface area contributed by atoms with E-state index in [0.717, 1.165) is 5.39 Å². The summed E-state index contributed by atoms with van der Waals surface area (Å²) in [5, 5.41) is 1.70. The van der Waals surface area contributed by atoms with E-state index in [-0.39, 0.29) is 0 Å². The van der Waals surface area contributed by atoms with Gasteiger partial charge in [-0.2, -0.15) is 4.72 Å². The Kier molecular flexibility index (Phi) is 3.89. The zero-order valence-electron chi connectivity index (χ0n) is 9.97. The summed E-state index contributed by atoms with van der Waals surface area (Å²) in [6.07, 6.45) is 1.50. The highest BCUT2D eigenvalue weighted by molar-refractivity contribution is 9.10. The van der Waals surface area contributed by atoms with Crippen molar-refractivity contribution >= 4 is 55.5 Å². The number of hydrogen-bond donors (Lipinski definition) is 1. The van der Waals surface area contributed by atoms with Crippen LogP contribution >= 0.6 is 27.5 Å². The van der Waals surface area contributed by atoms with Gasteiger partial charge in [-0.15, -0.1) is 0 Å². The first kappa shape index (κ1) is 13.8. The lowest BCUT2D eigenvalue weighted by molar-refractivity contribution is 0.484. The quantitative estimate of drug-likeness (QED) is 0.548. The van der Waals surface area contributed by atoms with Crippen molar-refractivity contribution in [3.63, 3.8) is 0 Å². The van der Waals surface area contributed by atoms with Gasteiger partial charge in [-0.25, -0.2) is 4.98 Å². The SMILES string of the molecule is [O-][S+](Nc1cc(Cl)cnc1Br)c1cc2ccccc2o1. The summed E-state index contributed by atoms with van der Waals surface area (Å²) in [5.41, 5.74) is 1.23. The van der Waals surface area contributed by atoms with Crippen LogP contribution in [0.1, 0.15) is 0 Å². The van der Waals surface area contributed by atoms with Crippen LogP contribution in [0.5, 0.6) is 0 Å². The number of aromatic nitrogens is 1. The first-order valence-corrected chi connectivity index (χ1v) is 7.93. The normalized spacial score (nSPS) is 12.6. The van der Waals surface area contributed by atoms with E-state index in [1.165, 1.54) is 6.20 Å². The molecule has 1 atom stereocenters. The van der Waals surface area contributed by atoms with Gasteiger partial charge in [0.15, 0.2) is 0 Å². The van der Waals surface area contributed by atoms with Crippen LogP contribution in [0.2, 0.25) is 5.02 Å². The monoisotopic (exact) mass is 370 g/mol. The molecule has 1 N–H and O–H groups in total. The molecule has 0 aliphatic rings. The molecule has 4 nitrogen and oxygen atoms in total. The minimum absolute atomic E-state index is 0.345. The van der Waals surface area contributed by atoms with Crippen LogP contribution in [0.4, 0.5) is 5.69 Å². The number of nitrogens with one attached hydrogen (secondary N) is 1. The third kappa shape index (κ3) is 2.78. The van der Waals surface area contributed by atoms with Crippen LogP contribution in [0, 0.1) is 0 Å². The maximum atomic E-state index is 12.3. The largest absolute Gasteiger partial charge is 0.585 e. The fourth-order valence-corrected chi connectivity index (χ4v) is 3.15. The second-order valence-electron chi connectivity index (χ2n) is 3.97. The average Bonchev–Trinajstić information content (AvgIpc) is 2.87. The van der Waals surface area contributed by atoms with Crippen molar-refractivity contribution in [3.05, 3.63) is 52.2 Å². The molecule has 102 valence electrons. The van der Waals surface area contributed by atoms with Crippen molar-refractivity contribution in [2.75, 3.05) is 4.72 Å². The van der Waals surface area contributed by atoms with Gasteiger partial charge in [0.1, 0.15) is 27.2 Å². The molecule has 0 aliphatic heterocycles.